The highest BCUT2D eigenvalue weighted by atomic mass is 16.7. The van der Waals surface area contributed by atoms with Crippen LogP contribution in [-0.2, 0) is 14.4 Å². The first-order valence-corrected chi connectivity index (χ1v) is 7.32. The lowest BCUT2D eigenvalue weighted by Gasteiger charge is -2.03. The van der Waals surface area contributed by atoms with Crippen LogP contribution in [0.2, 0.25) is 0 Å². The van der Waals surface area contributed by atoms with E-state index < -0.39 is 11.9 Å². The van der Waals surface area contributed by atoms with Gasteiger partial charge < -0.3 is 4.84 Å². The maximum Gasteiger partial charge on any atom is 0.332 e. The van der Waals surface area contributed by atoms with Crippen LogP contribution < -0.4 is 5.48 Å². The Hall–Kier alpha value is -1.32. The monoisotopic (exact) mass is 269 g/mol. The highest BCUT2D eigenvalue weighted by molar-refractivity contribution is 5.87. The van der Waals surface area contributed by atoms with Crippen LogP contribution in [0.15, 0.2) is 12.7 Å². The summed E-state index contributed by atoms with van der Waals surface area (Å²) >= 11 is 0. The molecule has 0 aliphatic heterocycles. The molecular formula is C15H27NO3. The molecule has 0 aromatic carbocycles. The number of hydrogen-bond donors (Lipinski definition) is 1. The summed E-state index contributed by atoms with van der Waals surface area (Å²) in [5.41, 5.74) is 2.01. The van der Waals surface area contributed by atoms with Crippen molar-refractivity contribution < 1.29 is 14.4 Å². The minimum absolute atomic E-state index is 0.354. The number of rotatable bonds is 11. The summed E-state index contributed by atoms with van der Waals surface area (Å²) in [4.78, 5) is 26.5. The Morgan fingerprint density at radius 3 is 2.05 bits per heavy atom. The van der Waals surface area contributed by atoms with Crippen LogP contribution in [0, 0.1) is 0 Å². The lowest BCUT2D eigenvalue weighted by Crippen LogP contribution is -2.24. The molecule has 0 atom stereocenters. The van der Waals surface area contributed by atoms with Gasteiger partial charge in [0.25, 0.3) is 5.91 Å². The zero-order valence-electron chi connectivity index (χ0n) is 12.1. The molecule has 110 valence electrons. The Labute approximate surface area is 116 Å². The molecule has 4 heteroatoms. The van der Waals surface area contributed by atoms with Gasteiger partial charge in [-0.15, -0.1) is 0 Å². The van der Waals surface area contributed by atoms with Crippen LogP contribution in [0.4, 0.5) is 0 Å². The molecule has 0 unspecified atom stereocenters. The Morgan fingerprint density at radius 1 is 1.00 bits per heavy atom. The highest BCUT2D eigenvalue weighted by Gasteiger charge is 2.04. The van der Waals surface area contributed by atoms with Gasteiger partial charge in [-0.25, -0.2) is 4.79 Å². The van der Waals surface area contributed by atoms with Gasteiger partial charge in [-0.05, 0) is 12.5 Å². The van der Waals surface area contributed by atoms with Gasteiger partial charge in [0.05, 0.1) is 0 Å². The summed E-state index contributed by atoms with van der Waals surface area (Å²) in [6, 6.07) is 0. The minimum Gasteiger partial charge on any atom is -0.341 e. The number of nitrogens with one attached hydrogen (secondary N) is 1. The van der Waals surface area contributed by atoms with E-state index in [1.807, 2.05) is 5.48 Å². The van der Waals surface area contributed by atoms with Crippen molar-refractivity contribution in [2.45, 2.75) is 71.1 Å². The quantitative estimate of drug-likeness (QED) is 0.354. The molecule has 0 bridgehead atoms. The van der Waals surface area contributed by atoms with E-state index >= 15 is 0 Å². The second-order valence-corrected chi connectivity index (χ2v) is 4.72. The van der Waals surface area contributed by atoms with Crippen LogP contribution in [0.1, 0.15) is 71.1 Å². The van der Waals surface area contributed by atoms with Gasteiger partial charge in [-0.1, -0.05) is 64.9 Å². The second-order valence-electron chi connectivity index (χ2n) is 4.72. The number of carbonyl (C=O) groups is 2. The number of hydroxylamine groups is 1. The van der Waals surface area contributed by atoms with E-state index in [9.17, 15) is 9.59 Å². The second kappa shape index (κ2) is 13.1. The lowest BCUT2D eigenvalue weighted by atomic mass is 10.1. The van der Waals surface area contributed by atoms with Crippen molar-refractivity contribution in [3.63, 3.8) is 0 Å². The van der Waals surface area contributed by atoms with Crippen molar-refractivity contribution in [1.82, 2.24) is 5.48 Å². The van der Waals surface area contributed by atoms with E-state index in [0.29, 0.717) is 6.42 Å². The summed E-state index contributed by atoms with van der Waals surface area (Å²) in [5.74, 6) is -0.890. The van der Waals surface area contributed by atoms with Gasteiger partial charge in [0.2, 0.25) is 0 Å². The van der Waals surface area contributed by atoms with Crippen molar-refractivity contribution in [1.29, 1.82) is 0 Å². The summed E-state index contributed by atoms with van der Waals surface area (Å²) in [6.45, 7) is 5.48. The van der Waals surface area contributed by atoms with Gasteiger partial charge in [-0.3, -0.25) is 4.79 Å². The first-order chi connectivity index (χ1) is 9.20. The molecule has 19 heavy (non-hydrogen) atoms. The zero-order chi connectivity index (χ0) is 14.3. The van der Waals surface area contributed by atoms with E-state index in [2.05, 4.69) is 18.3 Å². The molecule has 0 aliphatic carbocycles. The van der Waals surface area contributed by atoms with E-state index in [4.69, 9.17) is 0 Å². The molecule has 0 saturated carbocycles. The van der Waals surface area contributed by atoms with Crippen LogP contribution in [-0.4, -0.2) is 11.9 Å². The molecule has 0 radical (unpaired) electrons. The standard InChI is InChI=1S/C15H27NO3/c1-3-5-6-7-8-9-10-11-12-13-15(18)19-16-14(17)4-2/h4H,2-3,5-13H2,1H3,(H,16,17). The predicted molar refractivity (Wildman–Crippen MR) is 76.3 cm³/mol. The third-order valence-corrected chi connectivity index (χ3v) is 2.94. The van der Waals surface area contributed by atoms with Gasteiger partial charge >= 0.3 is 5.97 Å². The molecule has 0 aromatic rings. The first-order valence-electron chi connectivity index (χ1n) is 7.32. The maximum absolute atomic E-state index is 11.2. The molecule has 0 heterocycles. The zero-order valence-corrected chi connectivity index (χ0v) is 12.1. The Kier molecular flexibility index (Phi) is 12.2. The molecular weight excluding hydrogens is 242 g/mol. The Morgan fingerprint density at radius 2 is 1.53 bits per heavy atom. The fraction of sp³-hybridized carbons (Fsp3) is 0.733. The minimum atomic E-state index is -0.500. The van der Waals surface area contributed by atoms with E-state index in [1.54, 1.807) is 0 Å². The summed E-state index contributed by atoms with van der Waals surface area (Å²) in [7, 11) is 0. The molecule has 1 amide bonds. The topological polar surface area (TPSA) is 55.4 Å². The third-order valence-electron chi connectivity index (χ3n) is 2.94. The smallest absolute Gasteiger partial charge is 0.332 e. The lowest BCUT2D eigenvalue weighted by molar-refractivity contribution is -0.156. The van der Waals surface area contributed by atoms with Gasteiger partial charge in [-0.2, -0.15) is 5.48 Å². The summed E-state index contributed by atoms with van der Waals surface area (Å²) in [6.07, 6.45) is 12.3. The van der Waals surface area contributed by atoms with Crippen LogP contribution in [0.25, 0.3) is 0 Å². The number of amides is 1. The van der Waals surface area contributed by atoms with Crippen LogP contribution in [0.3, 0.4) is 0 Å². The highest BCUT2D eigenvalue weighted by Crippen LogP contribution is 2.10. The van der Waals surface area contributed by atoms with E-state index in [1.165, 1.54) is 44.9 Å². The molecule has 0 fully saturated rings. The van der Waals surface area contributed by atoms with Crippen molar-refractivity contribution in [2.75, 3.05) is 0 Å². The number of unbranched alkanes of at least 4 members (excludes halogenated alkanes) is 8. The molecule has 0 aromatic heterocycles. The maximum atomic E-state index is 11.2. The van der Waals surface area contributed by atoms with Crippen molar-refractivity contribution >= 4 is 11.9 Å². The first kappa shape index (κ1) is 17.7. The molecule has 0 aliphatic rings. The third kappa shape index (κ3) is 12.9. The van der Waals surface area contributed by atoms with Crippen LogP contribution in [0.5, 0.6) is 0 Å². The number of carbonyl (C=O) groups excluding carboxylic acids is 2. The van der Waals surface area contributed by atoms with Crippen molar-refractivity contribution in [2.24, 2.45) is 0 Å². The van der Waals surface area contributed by atoms with E-state index in [0.717, 1.165) is 18.9 Å². The fourth-order valence-electron chi connectivity index (χ4n) is 1.78. The molecule has 0 rings (SSSR count). The Bertz CT molecular complexity index is 264. The largest absolute Gasteiger partial charge is 0.341 e. The fourth-order valence-corrected chi connectivity index (χ4v) is 1.78. The van der Waals surface area contributed by atoms with Gasteiger partial charge in [0.15, 0.2) is 0 Å². The average Bonchev–Trinajstić information content (AvgIpc) is 2.42. The molecule has 0 saturated heterocycles. The Balaban J connectivity index is 3.23. The normalized spacial score (nSPS) is 9.95. The molecule has 4 nitrogen and oxygen atoms in total. The average molecular weight is 269 g/mol. The molecule has 0 spiro atoms. The van der Waals surface area contributed by atoms with Crippen molar-refractivity contribution in [3.8, 4) is 0 Å². The van der Waals surface area contributed by atoms with Gasteiger partial charge in [0.1, 0.15) is 0 Å². The van der Waals surface area contributed by atoms with Crippen LogP contribution >= 0.6 is 0 Å². The van der Waals surface area contributed by atoms with E-state index in [-0.39, 0.29) is 0 Å². The molecule has 1 N–H and O–H groups in total. The summed E-state index contributed by atoms with van der Waals surface area (Å²) in [5, 5.41) is 0. The SMILES string of the molecule is C=CC(=O)NOC(=O)CCCCCCCCCCC. The van der Waals surface area contributed by atoms with Crippen molar-refractivity contribution in [3.05, 3.63) is 12.7 Å². The van der Waals surface area contributed by atoms with Gasteiger partial charge in [0, 0.05) is 6.42 Å². The number of hydrogen-bond acceptors (Lipinski definition) is 3. The predicted octanol–water partition coefficient (Wildman–Crippen LogP) is 3.67. The summed E-state index contributed by atoms with van der Waals surface area (Å²) < 4.78 is 0.